The lowest BCUT2D eigenvalue weighted by Gasteiger charge is -2.20. The van der Waals surface area contributed by atoms with Gasteiger partial charge in [0.05, 0.1) is 0 Å². The molecule has 2 rings (SSSR count). The molecule has 0 saturated heterocycles. The molecule has 0 aromatic heterocycles. The van der Waals surface area contributed by atoms with Crippen LogP contribution in [0.3, 0.4) is 0 Å². The maximum atomic E-state index is 9.76. The zero-order chi connectivity index (χ0) is 10.7. The molecule has 0 saturated carbocycles. The van der Waals surface area contributed by atoms with Crippen LogP contribution in [0.5, 0.6) is 5.75 Å². The van der Waals surface area contributed by atoms with Gasteiger partial charge in [-0.15, -0.1) is 0 Å². The van der Waals surface area contributed by atoms with Crippen molar-refractivity contribution in [3.05, 3.63) is 28.8 Å². The van der Waals surface area contributed by atoms with Crippen molar-refractivity contribution in [3.8, 4) is 5.75 Å². The molecule has 0 aliphatic heterocycles. The van der Waals surface area contributed by atoms with E-state index in [-0.39, 0.29) is 6.61 Å². The van der Waals surface area contributed by atoms with E-state index in [1.54, 1.807) is 6.07 Å². The van der Waals surface area contributed by atoms with Crippen LogP contribution >= 0.6 is 0 Å². The molecule has 0 spiro atoms. The van der Waals surface area contributed by atoms with Crippen molar-refractivity contribution in [1.82, 2.24) is 0 Å². The second-order valence-electron chi connectivity index (χ2n) is 4.24. The van der Waals surface area contributed by atoms with Crippen LogP contribution in [-0.4, -0.2) is 16.8 Å². The number of rotatable bonds is 3. The minimum atomic E-state index is 0.246. The molecule has 1 aromatic carbocycles. The monoisotopic (exact) mass is 206 g/mol. The highest BCUT2D eigenvalue weighted by Gasteiger charge is 2.16. The zero-order valence-electron chi connectivity index (χ0n) is 9.00. The lowest BCUT2D eigenvalue weighted by atomic mass is 9.86. The third kappa shape index (κ3) is 2.15. The topological polar surface area (TPSA) is 40.5 Å². The Morgan fingerprint density at radius 2 is 1.80 bits per heavy atom. The van der Waals surface area contributed by atoms with Crippen LogP contribution in [0.2, 0.25) is 0 Å². The minimum Gasteiger partial charge on any atom is -0.508 e. The molecular weight excluding hydrogens is 188 g/mol. The first kappa shape index (κ1) is 10.5. The highest BCUT2D eigenvalue weighted by molar-refractivity contribution is 5.45. The summed E-state index contributed by atoms with van der Waals surface area (Å²) in [6, 6.07) is 3.81. The van der Waals surface area contributed by atoms with Crippen LogP contribution in [0.1, 0.15) is 36.0 Å². The largest absolute Gasteiger partial charge is 0.508 e. The van der Waals surface area contributed by atoms with Gasteiger partial charge in [-0.25, -0.2) is 0 Å². The Bertz CT molecular complexity index is 345. The standard InChI is InChI=1S/C13H18O2/c14-9-3-4-10-7-8-13(15)12-6-2-1-5-11(10)12/h7-8,14-15H,1-6,9H2. The number of aryl methyl sites for hydroxylation is 1. The lowest BCUT2D eigenvalue weighted by molar-refractivity contribution is 0.288. The second kappa shape index (κ2) is 4.67. The molecule has 2 heteroatoms. The van der Waals surface area contributed by atoms with Crippen LogP contribution in [0.25, 0.3) is 0 Å². The molecule has 0 radical (unpaired) electrons. The number of fused-ring (bicyclic) bond motifs is 1. The molecule has 82 valence electrons. The SMILES string of the molecule is OCCCc1ccc(O)c2c1CCCC2. The number of phenols is 1. The van der Waals surface area contributed by atoms with Gasteiger partial charge in [-0.3, -0.25) is 0 Å². The van der Waals surface area contributed by atoms with Crippen LogP contribution in [0.15, 0.2) is 12.1 Å². The first-order valence-electron chi connectivity index (χ1n) is 5.76. The van der Waals surface area contributed by atoms with E-state index in [4.69, 9.17) is 5.11 Å². The molecule has 15 heavy (non-hydrogen) atoms. The van der Waals surface area contributed by atoms with E-state index >= 15 is 0 Å². The van der Waals surface area contributed by atoms with Crippen molar-refractivity contribution >= 4 is 0 Å². The number of benzene rings is 1. The van der Waals surface area contributed by atoms with E-state index in [1.807, 2.05) is 6.07 Å². The van der Waals surface area contributed by atoms with Gasteiger partial charge in [0.15, 0.2) is 0 Å². The molecule has 2 N–H and O–H groups in total. The van der Waals surface area contributed by atoms with Gasteiger partial charge < -0.3 is 10.2 Å². The number of aliphatic hydroxyl groups excluding tert-OH is 1. The van der Waals surface area contributed by atoms with Gasteiger partial charge in [0.2, 0.25) is 0 Å². The summed E-state index contributed by atoms with van der Waals surface area (Å²) in [6.45, 7) is 0.246. The van der Waals surface area contributed by atoms with Crippen LogP contribution < -0.4 is 0 Å². The van der Waals surface area contributed by atoms with E-state index in [2.05, 4.69) is 0 Å². The molecule has 0 atom stereocenters. The molecular formula is C13H18O2. The third-order valence-electron chi connectivity index (χ3n) is 3.21. The van der Waals surface area contributed by atoms with E-state index in [1.165, 1.54) is 24.0 Å². The lowest BCUT2D eigenvalue weighted by Crippen LogP contribution is -2.07. The number of hydrogen-bond donors (Lipinski definition) is 2. The molecule has 0 heterocycles. The maximum absolute atomic E-state index is 9.76. The molecule has 0 bridgehead atoms. The second-order valence-corrected chi connectivity index (χ2v) is 4.24. The minimum absolute atomic E-state index is 0.246. The van der Waals surface area contributed by atoms with E-state index in [9.17, 15) is 5.11 Å². The Labute approximate surface area is 90.6 Å². The predicted octanol–water partition coefficient (Wildman–Crippen LogP) is 2.20. The Hall–Kier alpha value is -1.02. The fourth-order valence-corrected chi connectivity index (χ4v) is 2.43. The summed E-state index contributed by atoms with van der Waals surface area (Å²) in [5.41, 5.74) is 3.81. The molecule has 1 aromatic rings. The van der Waals surface area contributed by atoms with Gasteiger partial charge in [0, 0.05) is 6.61 Å². The molecule has 0 amide bonds. The fraction of sp³-hybridized carbons (Fsp3) is 0.538. The van der Waals surface area contributed by atoms with Crippen molar-refractivity contribution in [2.45, 2.75) is 38.5 Å². The number of aliphatic hydroxyl groups is 1. The quantitative estimate of drug-likeness (QED) is 0.796. The third-order valence-corrected chi connectivity index (χ3v) is 3.21. The normalized spacial score (nSPS) is 15.0. The molecule has 1 aliphatic carbocycles. The highest BCUT2D eigenvalue weighted by atomic mass is 16.3. The summed E-state index contributed by atoms with van der Waals surface area (Å²) in [6.07, 6.45) is 6.25. The van der Waals surface area contributed by atoms with E-state index in [0.29, 0.717) is 5.75 Å². The summed E-state index contributed by atoms with van der Waals surface area (Å²) in [5, 5.41) is 18.6. The van der Waals surface area contributed by atoms with Crippen molar-refractivity contribution < 1.29 is 10.2 Å². The van der Waals surface area contributed by atoms with Crippen molar-refractivity contribution in [1.29, 1.82) is 0 Å². The number of hydrogen-bond acceptors (Lipinski definition) is 2. The van der Waals surface area contributed by atoms with Gasteiger partial charge in [-0.2, -0.15) is 0 Å². The van der Waals surface area contributed by atoms with Crippen molar-refractivity contribution in [2.24, 2.45) is 0 Å². The summed E-state index contributed by atoms with van der Waals surface area (Å²) in [4.78, 5) is 0. The fourth-order valence-electron chi connectivity index (χ4n) is 2.43. The van der Waals surface area contributed by atoms with Crippen LogP contribution in [-0.2, 0) is 19.3 Å². The first-order chi connectivity index (χ1) is 7.33. The summed E-state index contributed by atoms with van der Waals surface area (Å²) < 4.78 is 0. The summed E-state index contributed by atoms with van der Waals surface area (Å²) in [5.74, 6) is 0.456. The Balaban J connectivity index is 2.30. The highest BCUT2D eigenvalue weighted by Crippen LogP contribution is 2.31. The maximum Gasteiger partial charge on any atom is 0.119 e. The van der Waals surface area contributed by atoms with Crippen LogP contribution in [0.4, 0.5) is 0 Å². The average molecular weight is 206 g/mol. The Morgan fingerprint density at radius 1 is 1.07 bits per heavy atom. The average Bonchev–Trinajstić information content (AvgIpc) is 2.29. The molecule has 0 unspecified atom stereocenters. The first-order valence-corrected chi connectivity index (χ1v) is 5.76. The molecule has 0 fully saturated rings. The molecule has 1 aliphatic rings. The Kier molecular flexibility index (Phi) is 3.27. The summed E-state index contributed by atoms with van der Waals surface area (Å²) >= 11 is 0. The van der Waals surface area contributed by atoms with Gasteiger partial charge >= 0.3 is 0 Å². The van der Waals surface area contributed by atoms with Gasteiger partial charge in [-0.1, -0.05) is 6.07 Å². The van der Waals surface area contributed by atoms with Gasteiger partial charge in [0.1, 0.15) is 5.75 Å². The predicted molar refractivity (Wildman–Crippen MR) is 60.2 cm³/mol. The smallest absolute Gasteiger partial charge is 0.119 e. The molecule has 2 nitrogen and oxygen atoms in total. The van der Waals surface area contributed by atoms with Crippen molar-refractivity contribution in [3.63, 3.8) is 0 Å². The van der Waals surface area contributed by atoms with Crippen molar-refractivity contribution in [2.75, 3.05) is 6.61 Å². The van der Waals surface area contributed by atoms with Gasteiger partial charge in [0.25, 0.3) is 0 Å². The summed E-state index contributed by atoms with van der Waals surface area (Å²) in [7, 11) is 0. The van der Waals surface area contributed by atoms with E-state index in [0.717, 1.165) is 31.2 Å². The number of phenolic OH excluding ortho intramolecular Hbond substituents is 1. The van der Waals surface area contributed by atoms with E-state index < -0.39 is 0 Å². The van der Waals surface area contributed by atoms with Gasteiger partial charge in [-0.05, 0) is 61.3 Å². The van der Waals surface area contributed by atoms with Crippen LogP contribution in [0, 0.1) is 0 Å². The number of aromatic hydroxyl groups is 1. The Morgan fingerprint density at radius 3 is 2.53 bits per heavy atom. The zero-order valence-corrected chi connectivity index (χ0v) is 9.00.